The van der Waals surface area contributed by atoms with Crippen molar-refractivity contribution >= 4 is 8.07 Å². The van der Waals surface area contributed by atoms with Gasteiger partial charge in [0.2, 0.25) is 0 Å². The first-order valence-electron chi connectivity index (χ1n) is 11.4. The van der Waals surface area contributed by atoms with Gasteiger partial charge in [0, 0.05) is 8.07 Å². The molecule has 0 amide bonds. The van der Waals surface area contributed by atoms with Gasteiger partial charge >= 0.3 is 0 Å². The number of nitrogens with two attached hydrogens (primary N) is 1. The molecule has 0 atom stereocenters. The number of rotatable bonds is 19. The molecule has 0 saturated heterocycles. The van der Waals surface area contributed by atoms with Gasteiger partial charge in [-0.25, -0.2) is 0 Å². The summed E-state index contributed by atoms with van der Waals surface area (Å²) >= 11 is 0. The van der Waals surface area contributed by atoms with Crippen LogP contribution in [0.1, 0.15) is 103 Å². The molecule has 2 N–H and O–H groups in total. The normalized spacial score (nSPS) is 11.5. The minimum atomic E-state index is -0.788. The Kier molecular flexibility index (Phi) is 23.0. The number of hydrogen-bond donors (Lipinski definition) is 1. The summed E-state index contributed by atoms with van der Waals surface area (Å²) in [5, 5.41) is 2.56. The standard InChI is InChI=1S/C22H49NSi.ClH/c1-5-6-7-8-9-10-11-12-13-14-15-16-17-18-20-23-21-19-22-24(2,3)4;/h23H,5-22H2,1-4H3;1H. The first-order valence-corrected chi connectivity index (χ1v) is 15.1. The molecule has 0 aromatic carbocycles. The molecule has 0 aliphatic rings. The first kappa shape index (κ1) is 27.7. The molecule has 0 bridgehead atoms. The van der Waals surface area contributed by atoms with Crippen LogP contribution in [-0.4, -0.2) is 21.2 Å². The molecule has 0 rings (SSSR count). The van der Waals surface area contributed by atoms with E-state index in [-0.39, 0.29) is 12.4 Å². The van der Waals surface area contributed by atoms with Crippen molar-refractivity contribution in [2.24, 2.45) is 0 Å². The van der Waals surface area contributed by atoms with E-state index >= 15 is 0 Å². The average Bonchev–Trinajstić information content (AvgIpc) is 2.52. The van der Waals surface area contributed by atoms with E-state index in [9.17, 15) is 0 Å². The number of quaternary nitrogens is 1. The fraction of sp³-hybridized carbons (Fsp3) is 1.00. The summed E-state index contributed by atoms with van der Waals surface area (Å²) in [5.74, 6) is 0. The van der Waals surface area contributed by atoms with Gasteiger partial charge in [-0.3, -0.25) is 0 Å². The Bertz CT molecular complexity index is 241. The molecule has 0 aliphatic carbocycles. The zero-order valence-electron chi connectivity index (χ0n) is 18.2. The SMILES string of the molecule is CCCCCCCCCCCCCCCC[NH2+]CCC[Si](C)(C)C.[Cl-]. The summed E-state index contributed by atoms with van der Waals surface area (Å²) in [6.07, 6.45) is 21.9. The maximum atomic E-state index is 2.56. The highest BCUT2D eigenvalue weighted by Crippen LogP contribution is 2.12. The Hall–Kier alpha value is 0.467. The minimum Gasteiger partial charge on any atom is -1.00 e. The predicted molar refractivity (Wildman–Crippen MR) is 115 cm³/mol. The van der Waals surface area contributed by atoms with Crippen molar-refractivity contribution in [3.8, 4) is 0 Å². The third kappa shape index (κ3) is 26.8. The molecule has 0 heterocycles. The van der Waals surface area contributed by atoms with E-state index in [1.54, 1.807) is 0 Å². The molecule has 0 aromatic heterocycles. The summed E-state index contributed by atoms with van der Waals surface area (Å²) in [6.45, 7) is 12.5. The van der Waals surface area contributed by atoms with Crippen molar-refractivity contribution < 1.29 is 17.7 Å². The van der Waals surface area contributed by atoms with Crippen molar-refractivity contribution in [3.05, 3.63) is 0 Å². The van der Waals surface area contributed by atoms with Crippen LogP contribution in [0, 0.1) is 0 Å². The molecular formula is C22H50ClNSi. The van der Waals surface area contributed by atoms with Gasteiger partial charge < -0.3 is 17.7 Å². The van der Waals surface area contributed by atoms with Gasteiger partial charge in [-0.1, -0.05) is 110 Å². The highest BCUT2D eigenvalue weighted by atomic mass is 35.5. The molecule has 0 radical (unpaired) electrons. The van der Waals surface area contributed by atoms with Gasteiger partial charge in [-0.15, -0.1) is 0 Å². The molecular weight excluding hydrogens is 342 g/mol. The molecule has 0 saturated carbocycles. The van der Waals surface area contributed by atoms with Gasteiger partial charge in [-0.2, -0.15) is 0 Å². The van der Waals surface area contributed by atoms with Crippen molar-refractivity contribution in [1.29, 1.82) is 0 Å². The largest absolute Gasteiger partial charge is 1.00 e. The lowest BCUT2D eigenvalue weighted by atomic mass is 10.0. The fourth-order valence-electron chi connectivity index (χ4n) is 3.40. The fourth-order valence-corrected chi connectivity index (χ4v) is 4.67. The van der Waals surface area contributed by atoms with Gasteiger partial charge in [0.05, 0.1) is 13.1 Å². The third-order valence-electron chi connectivity index (χ3n) is 5.10. The Morgan fingerprint density at radius 3 is 1.28 bits per heavy atom. The second-order valence-electron chi connectivity index (χ2n) is 9.13. The molecule has 1 nitrogen and oxygen atoms in total. The highest BCUT2D eigenvalue weighted by Gasteiger charge is 2.11. The molecule has 0 spiro atoms. The lowest BCUT2D eigenvalue weighted by Crippen LogP contribution is -3.00. The van der Waals surface area contributed by atoms with Crippen molar-refractivity contribution in [3.63, 3.8) is 0 Å². The zero-order valence-corrected chi connectivity index (χ0v) is 19.9. The van der Waals surface area contributed by atoms with Crippen LogP contribution in [0.25, 0.3) is 0 Å². The predicted octanol–water partition coefficient (Wildman–Crippen LogP) is 3.76. The summed E-state index contributed by atoms with van der Waals surface area (Å²) in [5.41, 5.74) is 0. The minimum absolute atomic E-state index is 0. The second kappa shape index (κ2) is 20.8. The molecule has 0 aliphatic heterocycles. The van der Waals surface area contributed by atoms with E-state index in [4.69, 9.17) is 0 Å². The van der Waals surface area contributed by atoms with Crippen LogP contribution in [0.4, 0.5) is 0 Å². The van der Waals surface area contributed by atoms with E-state index in [1.165, 1.54) is 115 Å². The number of halogens is 1. The third-order valence-corrected chi connectivity index (χ3v) is 6.95. The zero-order chi connectivity index (χ0) is 17.9. The van der Waals surface area contributed by atoms with Crippen LogP contribution in [0.5, 0.6) is 0 Å². The van der Waals surface area contributed by atoms with Crippen LogP contribution in [0.15, 0.2) is 0 Å². The van der Waals surface area contributed by atoms with Crippen LogP contribution in [0.3, 0.4) is 0 Å². The van der Waals surface area contributed by atoms with Crippen molar-refractivity contribution in [1.82, 2.24) is 0 Å². The monoisotopic (exact) mass is 391 g/mol. The van der Waals surface area contributed by atoms with Gasteiger partial charge in [0.25, 0.3) is 0 Å². The summed E-state index contributed by atoms with van der Waals surface area (Å²) in [7, 11) is -0.788. The number of unbranched alkanes of at least 4 members (excludes halogenated alkanes) is 13. The Morgan fingerprint density at radius 1 is 0.520 bits per heavy atom. The van der Waals surface area contributed by atoms with Gasteiger partial charge in [0.15, 0.2) is 0 Å². The van der Waals surface area contributed by atoms with E-state index in [2.05, 4.69) is 31.9 Å². The smallest absolute Gasteiger partial charge is 0.0755 e. The van der Waals surface area contributed by atoms with E-state index in [0.29, 0.717) is 0 Å². The second-order valence-corrected chi connectivity index (χ2v) is 14.7. The average molecular weight is 392 g/mol. The van der Waals surface area contributed by atoms with E-state index < -0.39 is 8.07 Å². The van der Waals surface area contributed by atoms with Gasteiger partial charge in [0.1, 0.15) is 0 Å². The van der Waals surface area contributed by atoms with Crippen molar-refractivity contribution in [2.45, 2.75) is 129 Å². The molecule has 0 unspecified atom stereocenters. The Morgan fingerprint density at radius 2 is 0.880 bits per heavy atom. The maximum Gasteiger partial charge on any atom is 0.0755 e. The van der Waals surface area contributed by atoms with Crippen LogP contribution < -0.4 is 17.7 Å². The lowest BCUT2D eigenvalue weighted by Gasteiger charge is -2.14. The highest BCUT2D eigenvalue weighted by molar-refractivity contribution is 6.76. The molecule has 154 valence electrons. The molecule has 0 aromatic rings. The summed E-state index contributed by atoms with van der Waals surface area (Å²) < 4.78 is 0. The van der Waals surface area contributed by atoms with E-state index in [1.807, 2.05) is 0 Å². The lowest BCUT2D eigenvalue weighted by molar-refractivity contribution is -0.655. The molecule has 25 heavy (non-hydrogen) atoms. The first-order chi connectivity index (χ1) is 11.6. The molecule has 3 heteroatoms. The Labute approximate surface area is 167 Å². The van der Waals surface area contributed by atoms with Crippen LogP contribution >= 0.6 is 0 Å². The quantitative estimate of drug-likeness (QED) is 0.255. The maximum absolute atomic E-state index is 2.56. The van der Waals surface area contributed by atoms with Gasteiger partial charge in [-0.05, 0) is 19.3 Å². The van der Waals surface area contributed by atoms with E-state index in [0.717, 1.165) is 0 Å². The van der Waals surface area contributed by atoms with Crippen LogP contribution in [-0.2, 0) is 0 Å². The Balaban J connectivity index is 0. The summed E-state index contributed by atoms with van der Waals surface area (Å²) in [6, 6.07) is 1.50. The summed E-state index contributed by atoms with van der Waals surface area (Å²) in [4.78, 5) is 0. The van der Waals surface area contributed by atoms with Crippen molar-refractivity contribution in [2.75, 3.05) is 13.1 Å². The number of hydrogen-bond acceptors (Lipinski definition) is 0. The molecule has 0 fully saturated rings. The topological polar surface area (TPSA) is 16.6 Å². The van der Waals surface area contributed by atoms with Crippen LogP contribution in [0.2, 0.25) is 25.7 Å².